The van der Waals surface area contributed by atoms with Crippen molar-refractivity contribution in [2.24, 2.45) is 0 Å². The molecule has 0 amide bonds. The van der Waals surface area contributed by atoms with Gasteiger partial charge in [0.15, 0.2) is 5.65 Å². The van der Waals surface area contributed by atoms with E-state index in [1.165, 1.54) is 0 Å². The van der Waals surface area contributed by atoms with Crippen molar-refractivity contribution in [1.82, 2.24) is 15.0 Å². The van der Waals surface area contributed by atoms with Crippen LogP contribution in [0.1, 0.15) is 0 Å². The van der Waals surface area contributed by atoms with Gasteiger partial charge in [-0.25, -0.2) is 4.98 Å². The van der Waals surface area contributed by atoms with Gasteiger partial charge in [0.25, 0.3) is 0 Å². The van der Waals surface area contributed by atoms with Gasteiger partial charge >= 0.3 is 0 Å². The van der Waals surface area contributed by atoms with E-state index in [9.17, 15) is 0 Å². The molecule has 1 N–H and O–H groups in total. The van der Waals surface area contributed by atoms with Crippen molar-refractivity contribution in [3.8, 4) is 17.3 Å². The van der Waals surface area contributed by atoms with Crippen LogP contribution in [0.15, 0.2) is 30.3 Å². The van der Waals surface area contributed by atoms with Crippen molar-refractivity contribution >= 4 is 45.4 Å². The van der Waals surface area contributed by atoms with E-state index in [4.69, 9.17) is 16.3 Å². The van der Waals surface area contributed by atoms with E-state index in [2.05, 4.69) is 37.5 Å². The minimum atomic E-state index is 0.547. The number of aromatic amines is 1. The molecule has 0 fully saturated rings. The van der Waals surface area contributed by atoms with Crippen LogP contribution in [-0.2, 0) is 0 Å². The van der Waals surface area contributed by atoms with Crippen molar-refractivity contribution in [3.05, 3.63) is 38.9 Å². The number of aromatic nitrogens is 3. The van der Waals surface area contributed by atoms with E-state index in [0.29, 0.717) is 16.5 Å². The SMILES string of the molecule is COc1ccc2[nH]c(-c3ccc(I)c(Cl)c3)nc2n1. The molecule has 3 rings (SSSR count). The van der Waals surface area contributed by atoms with Gasteiger partial charge in [0.05, 0.1) is 17.6 Å². The summed E-state index contributed by atoms with van der Waals surface area (Å²) >= 11 is 8.32. The average molecular weight is 386 g/mol. The minimum Gasteiger partial charge on any atom is -0.481 e. The monoisotopic (exact) mass is 385 g/mol. The van der Waals surface area contributed by atoms with E-state index < -0.39 is 0 Å². The topological polar surface area (TPSA) is 50.8 Å². The highest BCUT2D eigenvalue weighted by Crippen LogP contribution is 2.26. The molecule has 96 valence electrons. The third kappa shape index (κ3) is 2.40. The minimum absolute atomic E-state index is 0.547. The number of benzene rings is 1. The second kappa shape index (κ2) is 4.97. The van der Waals surface area contributed by atoms with Gasteiger partial charge in [-0.1, -0.05) is 17.7 Å². The number of nitrogens with zero attached hydrogens (tertiary/aromatic N) is 2. The lowest BCUT2D eigenvalue weighted by molar-refractivity contribution is 0.399. The number of rotatable bonds is 2. The molecule has 19 heavy (non-hydrogen) atoms. The number of H-pyrrole nitrogens is 1. The van der Waals surface area contributed by atoms with Crippen LogP contribution < -0.4 is 4.74 Å². The molecule has 0 saturated heterocycles. The summed E-state index contributed by atoms with van der Waals surface area (Å²) in [7, 11) is 1.58. The van der Waals surface area contributed by atoms with Gasteiger partial charge in [0, 0.05) is 15.2 Å². The fourth-order valence-electron chi connectivity index (χ4n) is 1.77. The molecule has 2 aromatic heterocycles. The number of ether oxygens (including phenoxy) is 1. The Morgan fingerprint density at radius 1 is 1.21 bits per heavy atom. The van der Waals surface area contributed by atoms with E-state index in [1.54, 1.807) is 13.2 Å². The number of hydrogen-bond acceptors (Lipinski definition) is 3. The highest BCUT2D eigenvalue weighted by atomic mass is 127. The molecule has 6 heteroatoms. The Balaban J connectivity index is 2.11. The molecular weight excluding hydrogens is 377 g/mol. The number of pyridine rings is 1. The molecule has 1 aromatic carbocycles. The van der Waals surface area contributed by atoms with E-state index in [-0.39, 0.29) is 0 Å². The summed E-state index contributed by atoms with van der Waals surface area (Å²) in [4.78, 5) is 12.0. The second-order valence-corrected chi connectivity index (χ2v) is 5.51. The van der Waals surface area contributed by atoms with Crippen LogP contribution in [0.4, 0.5) is 0 Å². The van der Waals surface area contributed by atoms with Crippen LogP contribution in [0.25, 0.3) is 22.6 Å². The van der Waals surface area contributed by atoms with Crippen molar-refractivity contribution in [2.75, 3.05) is 7.11 Å². The Bertz CT molecular complexity index is 757. The number of nitrogens with one attached hydrogen (secondary N) is 1. The summed E-state index contributed by atoms with van der Waals surface area (Å²) in [6, 6.07) is 9.51. The zero-order valence-electron chi connectivity index (χ0n) is 9.95. The lowest BCUT2D eigenvalue weighted by atomic mass is 10.2. The van der Waals surface area contributed by atoms with E-state index >= 15 is 0 Å². The summed E-state index contributed by atoms with van der Waals surface area (Å²) < 4.78 is 6.10. The van der Waals surface area contributed by atoms with Crippen molar-refractivity contribution < 1.29 is 4.74 Å². The van der Waals surface area contributed by atoms with Crippen LogP contribution in [0.3, 0.4) is 0 Å². The molecule has 0 spiro atoms. The molecule has 0 saturated carbocycles. The lowest BCUT2D eigenvalue weighted by Gasteiger charge is -1.99. The first-order valence-electron chi connectivity index (χ1n) is 5.53. The Kier molecular flexibility index (Phi) is 3.32. The first kappa shape index (κ1) is 12.7. The van der Waals surface area contributed by atoms with Gasteiger partial charge in [-0.05, 0) is 40.8 Å². The van der Waals surface area contributed by atoms with Gasteiger partial charge in [-0.2, -0.15) is 4.98 Å². The van der Waals surface area contributed by atoms with Crippen molar-refractivity contribution in [3.63, 3.8) is 0 Å². The summed E-state index contributed by atoms with van der Waals surface area (Å²) in [5, 5.41) is 0.712. The Morgan fingerprint density at radius 3 is 2.79 bits per heavy atom. The standard InChI is InChI=1S/C13H9ClIN3O/c1-19-11-5-4-10-13(17-11)18-12(16-10)7-2-3-9(15)8(14)6-7/h2-6H,1H3,(H,16,17,18). The lowest BCUT2D eigenvalue weighted by Crippen LogP contribution is -1.86. The van der Waals surface area contributed by atoms with Gasteiger partial charge in [-0.3, -0.25) is 0 Å². The maximum absolute atomic E-state index is 6.13. The number of fused-ring (bicyclic) bond motifs is 1. The van der Waals surface area contributed by atoms with Crippen LogP contribution in [0.2, 0.25) is 5.02 Å². The van der Waals surface area contributed by atoms with Crippen molar-refractivity contribution in [1.29, 1.82) is 0 Å². The van der Waals surface area contributed by atoms with Crippen LogP contribution in [0, 0.1) is 3.57 Å². The van der Waals surface area contributed by atoms with Gasteiger partial charge in [-0.15, -0.1) is 0 Å². The molecule has 2 heterocycles. The second-order valence-electron chi connectivity index (χ2n) is 3.94. The maximum Gasteiger partial charge on any atom is 0.215 e. The van der Waals surface area contributed by atoms with Crippen molar-refractivity contribution in [2.45, 2.75) is 0 Å². The fraction of sp³-hybridized carbons (Fsp3) is 0.0769. The quantitative estimate of drug-likeness (QED) is 0.681. The number of imidazole rings is 1. The normalized spacial score (nSPS) is 10.9. The van der Waals surface area contributed by atoms with E-state index in [0.717, 1.165) is 20.5 Å². The van der Waals surface area contributed by atoms with Crippen LogP contribution in [-0.4, -0.2) is 22.1 Å². The molecule has 0 aliphatic carbocycles. The maximum atomic E-state index is 6.13. The van der Waals surface area contributed by atoms with E-state index in [1.807, 2.05) is 24.3 Å². The number of hydrogen-bond donors (Lipinski definition) is 1. The fourth-order valence-corrected chi connectivity index (χ4v) is 2.29. The van der Waals surface area contributed by atoms with Crippen LogP contribution >= 0.6 is 34.2 Å². The zero-order chi connectivity index (χ0) is 13.4. The highest BCUT2D eigenvalue weighted by Gasteiger charge is 2.08. The largest absolute Gasteiger partial charge is 0.481 e. The third-order valence-corrected chi connectivity index (χ3v) is 4.29. The molecule has 0 atom stereocenters. The Hall–Kier alpha value is -1.34. The zero-order valence-corrected chi connectivity index (χ0v) is 12.9. The predicted molar refractivity (Wildman–Crippen MR) is 83.6 cm³/mol. The molecule has 0 unspecified atom stereocenters. The number of methoxy groups -OCH3 is 1. The average Bonchev–Trinajstić information content (AvgIpc) is 2.84. The summed E-state index contributed by atoms with van der Waals surface area (Å²) in [5.41, 5.74) is 2.43. The van der Waals surface area contributed by atoms with Gasteiger partial charge < -0.3 is 9.72 Å². The first-order chi connectivity index (χ1) is 9.17. The molecule has 3 aromatic rings. The molecular formula is C13H9ClIN3O. The number of halogens is 2. The third-order valence-electron chi connectivity index (χ3n) is 2.72. The Morgan fingerprint density at radius 2 is 2.05 bits per heavy atom. The molecule has 4 nitrogen and oxygen atoms in total. The summed E-state index contributed by atoms with van der Waals surface area (Å²) in [6.45, 7) is 0. The van der Waals surface area contributed by atoms with Gasteiger partial charge in [0.1, 0.15) is 5.82 Å². The molecule has 0 aliphatic heterocycles. The molecule has 0 aliphatic rings. The summed E-state index contributed by atoms with van der Waals surface area (Å²) in [6.07, 6.45) is 0. The smallest absolute Gasteiger partial charge is 0.215 e. The van der Waals surface area contributed by atoms with Gasteiger partial charge in [0.2, 0.25) is 5.88 Å². The first-order valence-corrected chi connectivity index (χ1v) is 6.99. The predicted octanol–water partition coefficient (Wildman–Crippen LogP) is 3.89. The summed E-state index contributed by atoms with van der Waals surface area (Å²) in [5.74, 6) is 1.29. The molecule has 0 bridgehead atoms. The van der Waals surface area contributed by atoms with Crippen LogP contribution in [0.5, 0.6) is 5.88 Å². The highest BCUT2D eigenvalue weighted by molar-refractivity contribution is 14.1. The Labute approximate surface area is 128 Å². The molecule has 0 radical (unpaired) electrons.